The number of hydrogen-bond donors (Lipinski definition) is 0. The molecule has 0 aliphatic carbocycles. The van der Waals surface area contributed by atoms with E-state index in [0.29, 0.717) is 18.4 Å². The molecule has 0 aromatic heterocycles. The highest BCUT2D eigenvalue weighted by Crippen LogP contribution is 2.14. The summed E-state index contributed by atoms with van der Waals surface area (Å²) < 4.78 is 5.31. The Hall–Kier alpha value is -0.830. The maximum absolute atomic E-state index is 11.5. The van der Waals surface area contributed by atoms with Crippen LogP contribution in [0, 0.1) is 0 Å². The normalized spacial score (nSPS) is 9.86. The SMILES string of the molecule is CCOc1cccc(C(=O)CCBr)c1. The lowest BCUT2D eigenvalue weighted by Gasteiger charge is -2.04. The van der Waals surface area contributed by atoms with E-state index >= 15 is 0 Å². The van der Waals surface area contributed by atoms with Gasteiger partial charge in [0.1, 0.15) is 5.75 Å². The summed E-state index contributed by atoms with van der Waals surface area (Å²) in [5, 5.41) is 0.699. The average Bonchev–Trinajstić information content (AvgIpc) is 2.19. The number of benzene rings is 1. The van der Waals surface area contributed by atoms with Crippen LogP contribution < -0.4 is 4.74 Å². The molecule has 0 N–H and O–H groups in total. The van der Waals surface area contributed by atoms with Crippen LogP contribution in [0.15, 0.2) is 24.3 Å². The van der Waals surface area contributed by atoms with Gasteiger partial charge in [-0.2, -0.15) is 0 Å². The first kappa shape index (κ1) is 11.2. The van der Waals surface area contributed by atoms with Crippen LogP contribution in [0.2, 0.25) is 0 Å². The van der Waals surface area contributed by atoms with E-state index in [1.807, 2.05) is 25.1 Å². The Bertz CT molecular complexity index is 310. The molecule has 1 aromatic rings. The minimum Gasteiger partial charge on any atom is -0.494 e. The van der Waals surface area contributed by atoms with Crippen molar-refractivity contribution < 1.29 is 9.53 Å². The van der Waals surface area contributed by atoms with E-state index in [1.54, 1.807) is 6.07 Å². The summed E-state index contributed by atoms with van der Waals surface area (Å²) in [6.07, 6.45) is 0.523. The Labute approximate surface area is 92.4 Å². The van der Waals surface area contributed by atoms with Crippen molar-refractivity contribution in [1.82, 2.24) is 0 Å². The maximum Gasteiger partial charge on any atom is 0.163 e. The van der Waals surface area contributed by atoms with Crippen LogP contribution in [0.25, 0.3) is 0 Å². The first-order valence-corrected chi connectivity index (χ1v) is 5.72. The van der Waals surface area contributed by atoms with Crippen molar-refractivity contribution in [3.8, 4) is 5.75 Å². The molecule has 0 unspecified atom stereocenters. The monoisotopic (exact) mass is 256 g/mol. The summed E-state index contributed by atoms with van der Waals surface area (Å²) in [7, 11) is 0. The van der Waals surface area contributed by atoms with Gasteiger partial charge in [-0.15, -0.1) is 0 Å². The quantitative estimate of drug-likeness (QED) is 0.598. The number of Topliss-reactive ketones (excluding diaryl/α,β-unsaturated/α-hetero) is 1. The van der Waals surface area contributed by atoms with E-state index in [0.717, 1.165) is 11.3 Å². The zero-order valence-electron chi connectivity index (χ0n) is 8.13. The second-order valence-electron chi connectivity index (χ2n) is 2.82. The van der Waals surface area contributed by atoms with Gasteiger partial charge in [0.15, 0.2) is 5.78 Å². The second kappa shape index (κ2) is 5.81. The second-order valence-corrected chi connectivity index (χ2v) is 3.62. The van der Waals surface area contributed by atoms with Crippen molar-refractivity contribution in [1.29, 1.82) is 0 Å². The highest BCUT2D eigenvalue weighted by Gasteiger charge is 2.05. The molecule has 1 aromatic carbocycles. The summed E-state index contributed by atoms with van der Waals surface area (Å²) in [6.45, 7) is 2.54. The third kappa shape index (κ3) is 3.14. The molecular weight excluding hydrogens is 244 g/mol. The van der Waals surface area contributed by atoms with E-state index in [9.17, 15) is 4.79 Å². The lowest BCUT2D eigenvalue weighted by molar-refractivity contribution is 0.0989. The molecule has 3 heteroatoms. The fourth-order valence-corrected chi connectivity index (χ4v) is 1.52. The Kier molecular flexibility index (Phi) is 4.66. The number of rotatable bonds is 5. The van der Waals surface area contributed by atoms with Crippen LogP contribution in [0.3, 0.4) is 0 Å². The Morgan fingerprint density at radius 2 is 2.29 bits per heavy atom. The van der Waals surface area contributed by atoms with Gasteiger partial charge in [0, 0.05) is 17.3 Å². The van der Waals surface area contributed by atoms with Gasteiger partial charge in [0.25, 0.3) is 0 Å². The molecule has 0 spiro atoms. The molecule has 0 aliphatic rings. The molecule has 0 aliphatic heterocycles. The fourth-order valence-electron chi connectivity index (χ4n) is 1.16. The summed E-state index contributed by atoms with van der Waals surface area (Å²) >= 11 is 3.24. The number of carbonyl (C=O) groups excluding carboxylic acids is 1. The van der Waals surface area contributed by atoms with Crippen molar-refractivity contribution in [3.63, 3.8) is 0 Å². The van der Waals surface area contributed by atoms with E-state index in [-0.39, 0.29) is 5.78 Å². The van der Waals surface area contributed by atoms with Crippen molar-refractivity contribution in [3.05, 3.63) is 29.8 Å². The number of ketones is 1. The Morgan fingerprint density at radius 1 is 1.50 bits per heavy atom. The molecule has 0 amide bonds. The predicted octanol–water partition coefficient (Wildman–Crippen LogP) is 3.05. The third-order valence-electron chi connectivity index (χ3n) is 1.79. The number of ether oxygens (including phenoxy) is 1. The molecule has 0 heterocycles. The largest absolute Gasteiger partial charge is 0.494 e. The minimum absolute atomic E-state index is 0.142. The highest BCUT2D eigenvalue weighted by atomic mass is 79.9. The lowest BCUT2D eigenvalue weighted by atomic mass is 10.1. The van der Waals surface area contributed by atoms with Crippen LogP contribution >= 0.6 is 15.9 Å². The van der Waals surface area contributed by atoms with Gasteiger partial charge in [-0.3, -0.25) is 4.79 Å². The molecule has 14 heavy (non-hydrogen) atoms. The van der Waals surface area contributed by atoms with E-state index in [4.69, 9.17) is 4.74 Å². The average molecular weight is 257 g/mol. The molecule has 0 atom stereocenters. The minimum atomic E-state index is 0.142. The molecule has 0 fully saturated rings. The lowest BCUT2D eigenvalue weighted by Crippen LogP contribution is -2.00. The molecular formula is C11H13BrO2. The summed E-state index contributed by atoms with van der Waals surface area (Å²) in [5.74, 6) is 0.899. The summed E-state index contributed by atoms with van der Waals surface area (Å²) in [5.41, 5.74) is 0.718. The number of hydrogen-bond acceptors (Lipinski definition) is 2. The van der Waals surface area contributed by atoms with Gasteiger partial charge in [-0.1, -0.05) is 28.1 Å². The highest BCUT2D eigenvalue weighted by molar-refractivity contribution is 9.09. The standard InChI is InChI=1S/C11H13BrO2/c1-2-14-10-5-3-4-9(8-10)11(13)6-7-12/h3-5,8H,2,6-7H2,1H3. The molecule has 76 valence electrons. The Morgan fingerprint density at radius 3 is 2.93 bits per heavy atom. The molecule has 2 nitrogen and oxygen atoms in total. The zero-order valence-corrected chi connectivity index (χ0v) is 9.71. The van der Waals surface area contributed by atoms with Crippen LogP contribution in [-0.2, 0) is 0 Å². The van der Waals surface area contributed by atoms with Crippen LogP contribution in [0.1, 0.15) is 23.7 Å². The van der Waals surface area contributed by atoms with E-state index in [1.165, 1.54) is 0 Å². The van der Waals surface area contributed by atoms with Gasteiger partial charge < -0.3 is 4.74 Å². The summed E-state index contributed by atoms with van der Waals surface area (Å²) in [6, 6.07) is 7.29. The van der Waals surface area contributed by atoms with Crippen LogP contribution in [0.4, 0.5) is 0 Å². The van der Waals surface area contributed by atoms with Gasteiger partial charge in [0.05, 0.1) is 6.61 Å². The first-order valence-electron chi connectivity index (χ1n) is 4.60. The molecule has 0 radical (unpaired) electrons. The summed E-state index contributed by atoms with van der Waals surface area (Å²) in [4.78, 5) is 11.5. The zero-order chi connectivity index (χ0) is 10.4. The van der Waals surface area contributed by atoms with Crippen molar-refractivity contribution >= 4 is 21.7 Å². The number of carbonyl (C=O) groups is 1. The molecule has 0 bridgehead atoms. The molecule has 0 saturated carbocycles. The number of halogens is 1. The third-order valence-corrected chi connectivity index (χ3v) is 2.19. The topological polar surface area (TPSA) is 26.3 Å². The van der Waals surface area contributed by atoms with Gasteiger partial charge in [-0.25, -0.2) is 0 Å². The fraction of sp³-hybridized carbons (Fsp3) is 0.364. The van der Waals surface area contributed by atoms with E-state index < -0.39 is 0 Å². The van der Waals surface area contributed by atoms with E-state index in [2.05, 4.69) is 15.9 Å². The smallest absolute Gasteiger partial charge is 0.163 e. The van der Waals surface area contributed by atoms with Gasteiger partial charge in [-0.05, 0) is 19.1 Å². The maximum atomic E-state index is 11.5. The van der Waals surface area contributed by atoms with Crippen molar-refractivity contribution in [2.45, 2.75) is 13.3 Å². The van der Waals surface area contributed by atoms with Crippen molar-refractivity contribution in [2.75, 3.05) is 11.9 Å². The molecule has 1 rings (SSSR count). The predicted molar refractivity (Wildman–Crippen MR) is 60.4 cm³/mol. The number of alkyl halides is 1. The van der Waals surface area contributed by atoms with Gasteiger partial charge >= 0.3 is 0 Å². The Balaban J connectivity index is 2.77. The van der Waals surface area contributed by atoms with Crippen LogP contribution in [-0.4, -0.2) is 17.7 Å². The van der Waals surface area contributed by atoms with Gasteiger partial charge in [0.2, 0.25) is 0 Å². The van der Waals surface area contributed by atoms with Crippen molar-refractivity contribution in [2.24, 2.45) is 0 Å². The first-order chi connectivity index (χ1) is 6.77. The molecule has 0 saturated heterocycles. The van der Waals surface area contributed by atoms with Crippen LogP contribution in [0.5, 0.6) is 5.75 Å².